The first-order valence-electron chi connectivity index (χ1n) is 9.27. The van der Waals surface area contributed by atoms with Crippen molar-refractivity contribution in [3.05, 3.63) is 59.9 Å². The van der Waals surface area contributed by atoms with Gasteiger partial charge in [-0.1, -0.05) is 24.6 Å². The summed E-state index contributed by atoms with van der Waals surface area (Å²) in [5.41, 5.74) is 0.698. The molecule has 7 heteroatoms. The van der Waals surface area contributed by atoms with E-state index in [2.05, 4.69) is 15.3 Å². The van der Waals surface area contributed by atoms with Gasteiger partial charge in [-0.05, 0) is 25.3 Å². The Bertz CT molecular complexity index is 845. The highest BCUT2D eigenvalue weighted by Gasteiger charge is 2.46. The van der Waals surface area contributed by atoms with Crippen molar-refractivity contribution in [2.45, 2.75) is 50.2 Å². The molecule has 2 aliphatic heterocycles. The van der Waals surface area contributed by atoms with Crippen molar-refractivity contribution in [2.75, 3.05) is 0 Å². The fraction of sp³-hybridized carbons (Fsp3) is 0.400. The molecule has 2 saturated heterocycles. The Morgan fingerprint density at radius 3 is 2.85 bits per heavy atom. The summed E-state index contributed by atoms with van der Waals surface area (Å²) in [6, 6.07) is 5.68. The van der Waals surface area contributed by atoms with Gasteiger partial charge in [0.05, 0.1) is 24.3 Å². The van der Waals surface area contributed by atoms with E-state index in [9.17, 15) is 14.0 Å². The van der Waals surface area contributed by atoms with Gasteiger partial charge in [0.15, 0.2) is 0 Å². The number of carbonyl (C=O) groups is 2. The number of fused-ring (bicyclic) bond motifs is 1. The summed E-state index contributed by atoms with van der Waals surface area (Å²) in [6.45, 7) is 0. The number of rotatable bonds is 2. The van der Waals surface area contributed by atoms with Crippen molar-refractivity contribution in [3.8, 4) is 0 Å². The molecule has 140 valence electrons. The van der Waals surface area contributed by atoms with Crippen LogP contribution in [0.2, 0.25) is 0 Å². The molecule has 0 bridgehead atoms. The number of hydrogen-bond acceptors (Lipinski definition) is 4. The summed E-state index contributed by atoms with van der Waals surface area (Å²) in [4.78, 5) is 35.2. The second-order valence-corrected chi connectivity index (χ2v) is 7.06. The van der Waals surface area contributed by atoms with Crippen LogP contribution in [-0.4, -0.2) is 38.8 Å². The zero-order chi connectivity index (χ0) is 18.8. The molecule has 3 atom stereocenters. The highest BCUT2D eigenvalue weighted by atomic mass is 19.1. The van der Waals surface area contributed by atoms with Gasteiger partial charge < -0.3 is 10.2 Å². The lowest BCUT2D eigenvalue weighted by atomic mass is 9.97. The van der Waals surface area contributed by atoms with E-state index in [-0.39, 0.29) is 35.4 Å². The quantitative estimate of drug-likeness (QED) is 0.884. The predicted octanol–water partition coefficient (Wildman–Crippen LogP) is 2.63. The Hall–Kier alpha value is -2.83. The molecular weight excluding hydrogens is 347 g/mol. The molecule has 6 nitrogen and oxygen atoms in total. The molecule has 0 radical (unpaired) electrons. The first-order valence-corrected chi connectivity index (χ1v) is 9.27. The second-order valence-electron chi connectivity index (χ2n) is 7.06. The van der Waals surface area contributed by atoms with E-state index >= 15 is 0 Å². The van der Waals surface area contributed by atoms with Crippen LogP contribution in [-0.2, 0) is 4.79 Å². The van der Waals surface area contributed by atoms with Gasteiger partial charge in [0.1, 0.15) is 11.5 Å². The molecule has 1 aromatic carbocycles. The van der Waals surface area contributed by atoms with Crippen LogP contribution in [0.5, 0.6) is 0 Å². The first kappa shape index (κ1) is 17.6. The van der Waals surface area contributed by atoms with Crippen molar-refractivity contribution >= 4 is 11.8 Å². The van der Waals surface area contributed by atoms with Gasteiger partial charge >= 0.3 is 0 Å². The largest absolute Gasteiger partial charge is 0.351 e. The van der Waals surface area contributed by atoms with Crippen molar-refractivity contribution in [3.63, 3.8) is 0 Å². The van der Waals surface area contributed by atoms with E-state index in [1.54, 1.807) is 23.1 Å². The molecule has 3 heterocycles. The van der Waals surface area contributed by atoms with Crippen molar-refractivity contribution < 1.29 is 14.0 Å². The van der Waals surface area contributed by atoms with Crippen LogP contribution < -0.4 is 5.32 Å². The van der Waals surface area contributed by atoms with Gasteiger partial charge in [-0.2, -0.15) is 0 Å². The molecule has 0 aliphatic carbocycles. The standard InChI is InChI=1S/C20H21FN4O2/c21-14-6-2-1-5-13(14)18-11-15-17(7-3-4-8-19(26)24-15)25(18)20(27)16-12-22-9-10-23-16/h1-2,5-6,9-10,12,15,17-18H,3-4,7-8,11H2,(H,24,26)/t15-,17+,18+/m1/s1. The minimum atomic E-state index is -0.450. The van der Waals surface area contributed by atoms with Crippen LogP contribution in [0.15, 0.2) is 42.9 Å². The van der Waals surface area contributed by atoms with Crippen LogP contribution in [0.1, 0.15) is 54.2 Å². The number of aromatic nitrogens is 2. The SMILES string of the molecule is O=C1CCCC[C@H]2[C@@H](C[C@@H](c3ccccc3F)N2C(=O)c2cnccn2)N1. The zero-order valence-corrected chi connectivity index (χ0v) is 14.8. The van der Waals surface area contributed by atoms with Gasteiger partial charge in [-0.15, -0.1) is 0 Å². The molecule has 2 aromatic rings. The Kier molecular flexibility index (Phi) is 4.83. The summed E-state index contributed by atoms with van der Waals surface area (Å²) < 4.78 is 14.5. The topological polar surface area (TPSA) is 75.2 Å². The molecule has 1 N–H and O–H groups in total. The third kappa shape index (κ3) is 3.41. The lowest BCUT2D eigenvalue weighted by Crippen LogP contribution is -2.48. The lowest BCUT2D eigenvalue weighted by molar-refractivity contribution is -0.122. The van der Waals surface area contributed by atoms with Crippen molar-refractivity contribution in [1.82, 2.24) is 20.2 Å². The highest BCUT2D eigenvalue weighted by Crippen LogP contribution is 2.40. The lowest BCUT2D eigenvalue weighted by Gasteiger charge is -2.32. The number of halogens is 1. The van der Waals surface area contributed by atoms with Crippen molar-refractivity contribution in [2.24, 2.45) is 0 Å². The van der Waals surface area contributed by atoms with E-state index in [4.69, 9.17) is 0 Å². The summed E-state index contributed by atoms with van der Waals surface area (Å²) in [7, 11) is 0. The van der Waals surface area contributed by atoms with E-state index in [0.717, 1.165) is 19.3 Å². The normalized spacial score (nSPS) is 25.3. The second kappa shape index (κ2) is 7.42. The molecule has 0 saturated carbocycles. The fourth-order valence-corrected chi connectivity index (χ4v) is 4.21. The smallest absolute Gasteiger partial charge is 0.274 e. The maximum Gasteiger partial charge on any atom is 0.274 e. The van der Waals surface area contributed by atoms with E-state index in [1.165, 1.54) is 24.7 Å². The van der Waals surface area contributed by atoms with Gasteiger partial charge in [0.2, 0.25) is 5.91 Å². The molecule has 2 fully saturated rings. The molecule has 27 heavy (non-hydrogen) atoms. The number of hydrogen-bond donors (Lipinski definition) is 1. The Morgan fingerprint density at radius 1 is 1.22 bits per heavy atom. The number of nitrogens with zero attached hydrogens (tertiary/aromatic N) is 3. The Labute approximate surface area is 156 Å². The minimum Gasteiger partial charge on any atom is -0.351 e. The molecule has 1 aromatic heterocycles. The van der Waals surface area contributed by atoms with E-state index < -0.39 is 6.04 Å². The zero-order valence-electron chi connectivity index (χ0n) is 14.8. The van der Waals surface area contributed by atoms with Gasteiger partial charge in [0.25, 0.3) is 5.91 Å². The molecule has 0 spiro atoms. The average Bonchev–Trinajstić information content (AvgIpc) is 3.01. The fourth-order valence-electron chi connectivity index (χ4n) is 4.21. The minimum absolute atomic E-state index is 0.00853. The highest BCUT2D eigenvalue weighted by molar-refractivity contribution is 5.93. The van der Waals surface area contributed by atoms with Crippen LogP contribution in [0, 0.1) is 5.82 Å². The van der Waals surface area contributed by atoms with Gasteiger partial charge in [-0.3, -0.25) is 14.6 Å². The number of likely N-dealkylation sites (tertiary alicyclic amines) is 1. The van der Waals surface area contributed by atoms with E-state index in [1.807, 2.05) is 0 Å². The number of carbonyl (C=O) groups excluding carboxylic acids is 2. The predicted molar refractivity (Wildman–Crippen MR) is 96.1 cm³/mol. The van der Waals surface area contributed by atoms with Crippen molar-refractivity contribution in [1.29, 1.82) is 0 Å². The third-order valence-corrected chi connectivity index (χ3v) is 5.42. The van der Waals surface area contributed by atoms with Crippen LogP contribution in [0.4, 0.5) is 4.39 Å². The molecular formula is C20H21FN4O2. The monoisotopic (exact) mass is 368 g/mol. The number of amides is 2. The van der Waals surface area contributed by atoms with Gasteiger partial charge in [0, 0.05) is 24.4 Å². The maximum absolute atomic E-state index is 14.5. The average molecular weight is 368 g/mol. The number of benzene rings is 1. The third-order valence-electron chi connectivity index (χ3n) is 5.42. The molecule has 2 amide bonds. The summed E-state index contributed by atoms with van der Waals surface area (Å²) in [5, 5.41) is 3.05. The molecule has 2 aliphatic rings. The van der Waals surface area contributed by atoms with Crippen LogP contribution in [0.3, 0.4) is 0 Å². The summed E-state index contributed by atoms with van der Waals surface area (Å²) in [5.74, 6) is -0.635. The van der Waals surface area contributed by atoms with E-state index in [0.29, 0.717) is 18.4 Å². The first-order chi connectivity index (χ1) is 13.1. The maximum atomic E-state index is 14.5. The van der Waals surface area contributed by atoms with Crippen LogP contribution >= 0.6 is 0 Å². The molecule has 0 unspecified atom stereocenters. The van der Waals surface area contributed by atoms with Crippen LogP contribution in [0.25, 0.3) is 0 Å². The summed E-state index contributed by atoms with van der Waals surface area (Å²) >= 11 is 0. The Balaban J connectivity index is 1.75. The van der Waals surface area contributed by atoms with Gasteiger partial charge in [-0.25, -0.2) is 9.37 Å². The number of nitrogens with one attached hydrogen (secondary N) is 1. The Morgan fingerprint density at radius 2 is 2.07 bits per heavy atom. The molecule has 4 rings (SSSR count). The summed E-state index contributed by atoms with van der Waals surface area (Å²) in [6.07, 6.45) is 7.79.